The number of nitrogens with zero attached hydrogens (tertiary/aromatic N) is 3. The van der Waals surface area contributed by atoms with Gasteiger partial charge in [-0.2, -0.15) is 0 Å². The number of benzene rings is 2. The first-order valence-corrected chi connectivity index (χ1v) is 11.5. The van der Waals surface area contributed by atoms with Crippen LogP contribution in [0.25, 0.3) is 0 Å². The average molecular weight is 482 g/mol. The fourth-order valence-corrected chi connectivity index (χ4v) is 3.88. The summed E-state index contributed by atoms with van der Waals surface area (Å²) in [4.78, 5) is 25.0. The molecule has 3 rings (SSSR count). The molecule has 3 aromatic rings. The minimum Gasteiger partial charge on any atom is -0.497 e. The zero-order valence-electron chi connectivity index (χ0n) is 19.3. The quantitative estimate of drug-likeness (QED) is 0.319. The number of allylic oxidation sites excluding steroid dienone is 1. The Bertz CT molecular complexity index is 1160. The molecular formula is C24H27N5O4S. The normalized spacial score (nSPS) is 10.4. The number of carbonyl (C=O) groups excluding carboxylic acids is 2. The van der Waals surface area contributed by atoms with Gasteiger partial charge in [0.1, 0.15) is 11.5 Å². The average Bonchev–Trinajstić information content (AvgIpc) is 3.23. The van der Waals surface area contributed by atoms with Gasteiger partial charge in [-0.25, -0.2) is 0 Å². The SMILES string of the molecule is C=CCn1c(CNC(=O)c2ccc(OC)cc2)nnc1SCC(=O)Nc1cc(C)ccc1OC. The van der Waals surface area contributed by atoms with Gasteiger partial charge in [-0.1, -0.05) is 23.9 Å². The maximum absolute atomic E-state index is 12.5. The minimum atomic E-state index is -0.239. The summed E-state index contributed by atoms with van der Waals surface area (Å²) in [7, 11) is 3.13. The number of anilines is 1. The molecule has 0 atom stereocenters. The number of hydrogen-bond acceptors (Lipinski definition) is 7. The molecule has 178 valence electrons. The van der Waals surface area contributed by atoms with Crippen molar-refractivity contribution in [1.82, 2.24) is 20.1 Å². The van der Waals surface area contributed by atoms with E-state index in [1.54, 1.807) is 44.6 Å². The van der Waals surface area contributed by atoms with Crippen molar-refractivity contribution in [1.29, 1.82) is 0 Å². The monoisotopic (exact) mass is 481 g/mol. The van der Waals surface area contributed by atoms with Crippen LogP contribution < -0.4 is 20.1 Å². The highest BCUT2D eigenvalue weighted by molar-refractivity contribution is 7.99. The van der Waals surface area contributed by atoms with Gasteiger partial charge in [0.15, 0.2) is 11.0 Å². The van der Waals surface area contributed by atoms with E-state index in [0.717, 1.165) is 5.56 Å². The second-order valence-electron chi connectivity index (χ2n) is 7.25. The third kappa shape index (κ3) is 6.38. The van der Waals surface area contributed by atoms with Gasteiger partial charge in [0, 0.05) is 12.1 Å². The van der Waals surface area contributed by atoms with E-state index in [4.69, 9.17) is 9.47 Å². The van der Waals surface area contributed by atoms with Gasteiger partial charge in [0.2, 0.25) is 5.91 Å². The van der Waals surface area contributed by atoms with Gasteiger partial charge < -0.3 is 24.7 Å². The van der Waals surface area contributed by atoms with Crippen molar-refractivity contribution < 1.29 is 19.1 Å². The van der Waals surface area contributed by atoms with E-state index in [1.165, 1.54) is 11.8 Å². The maximum atomic E-state index is 12.5. The summed E-state index contributed by atoms with van der Waals surface area (Å²) in [6.07, 6.45) is 1.71. The Labute approximate surface area is 202 Å². The van der Waals surface area contributed by atoms with Crippen LogP contribution in [0.15, 0.2) is 60.3 Å². The van der Waals surface area contributed by atoms with Gasteiger partial charge in [-0.05, 0) is 48.9 Å². The molecule has 1 heterocycles. The van der Waals surface area contributed by atoms with Crippen LogP contribution in [0.4, 0.5) is 5.69 Å². The van der Waals surface area contributed by atoms with Crippen molar-refractivity contribution in [2.75, 3.05) is 25.3 Å². The van der Waals surface area contributed by atoms with Crippen LogP contribution >= 0.6 is 11.8 Å². The molecule has 0 aliphatic heterocycles. The molecule has 0 bridgehead atoms. The summed E-state index contributed by atoms with van der Waals surface area (Å²) < 4.78 is 12.2. The number of amides is 2. The summed E-state index contributed by atoms with van der Waals surface area (Å²) in [6.45, 7) is 6.34. The van der Waals surface area contributed by atoms with Gasteiger partial charge in [0.05, 0.1) is 32.2 Å². The summed E-state index contributed by atoms with van der Waals surface area (Å²) in [5.41, 5.74) is 2.13. The fourth-order valence-electron chi connectivity index (χ4n) is 3.11. The molecule has 2 aromatic carbocycles. The fraction of sp³-hybridized carbons (Fsp3) is 0.250. The predicted octanol–water partition coefficient (Wildman–Crippen LogP) is 3.45. The van der Waals surface area contributed by atoms with E-state index in [-0.39, 0.29) is 24.1 Å². The Balaban J connectivity index is 1.62. The molecular weight excluding hydrogens is 454 g/mol. The Morgan fingerprint density at radius 1 is 1.12 bits per heavy atom. The second kappa shape index (κ2) is 11.9. The van der Waals surface area contributed by atoms with E-state index in [9.17, 15) is 9.59 Å². The van der Waals surface area contributed by atoms with Crippen molar-refractivity contribution in [2.45, 2.75) is 25.2 Å². The number of ether oxygens (including phenoxy) is 2. The Morgan fingerprint density at radius 2 is 1.88 bits per heavy atom. The van der Waals surface area contributed by atoms with Crippen LogP contribution in [0.3, 0.4) is 0 Å². The van der Waals surface area contributed by atoms with E-state index >= 15 is 0 Å². The first-order chi connectivity index (χ1) is 16.4. The molecule has 0 fully saturated rings. The van der Waals surface area contributed by atoms with Gasteiger partial charge in [-0.15, -0.1) is 16.8 Å². The second-order valence-corrected chi connectivity index (χ2v) is 8.19. The van der Waals surface area contributed by atoms with Crippen LogP contribution in [0.2, 0.25) is 0 Å². The summed E-state index contributed by atoms with van der Waals surface area (Å²) in [5.74, 6) is 1.52. The number of aromatic nitrogens is 3. The smallest absolute Gasteiger partial charge is 0.251 e. The molecule has 9 nitrogen and oxygen atoms in total. The lowest BCUT2D eigenvalue weighted by atomic mass is 10.2. The third-order valence-electron chi connectivity index (χ3n) is 4.83. The number of thioether (sulfide) groups is 1. The van der Waals surface area contributed by atoms with Crippen LogP contribution in [-0.2, 0) is 17.9 Å². The molecule has 0 aliphatic rings. The first kappa shape index (κ1) is 24.8. The topological polar surface area (TPSA) is 107 Å². The van der Waals surface area contributed by atoms with Crippen molar-refractivity contribution in [3.63, 3.8) is 0 Å². The minimum absolute atomic E-state index is 0.130. The lowest BCUT2D eigenvalue weighted by molar-refractivity contribution is -0.113. The van der Waals surface area contributed by atoms with Crippen molar-refractivity contribution in [3.05, 3.63) is 72.1 Å². The Morgan fingerprint density at radius 3 is 2.56 bits per heavy atom. The Hall–Kier alpha value is -3.79. The highest BCUT2D eigenvalue weighted by atomic mass is 32.2. The third-order valence-corrected chi connectivity index (χ3v) is 5.79. The van der Waals surface area contributed by atoms with Crippen molar-refractivity contribution >= 4 is 29.3 Å². The van der Waals surface area contributed by atoms with Crippen LogP contribution in [0, 0.1) is 6.92 Å². The highest BCUT2D eigenvalue weighted by Crippen LogP contribution is 2.26. The number of rotatable bonds is 11. The maximum Gasteiger partial charge on any atom is 0.251 e. The van der Waals surface area contributed by atoms with Crippen molar-refractivity contribution in [2.24, 2.45) is 0 Å². The molecule has 0 radical (unpaired) electrons. The van der Waals surface area contributed by atoms with Gasteiger partial charge in [-0.3, -0.25) is 9.59 Å². The Kier molecular flexibility index (Phi) is 8.69. The number of hydrogen-bond donors (Lipinski definition) is 2. The molecule has 2 amide bonds. The predicted molar refractivity (Wildman–Crippen MR) is 131 cm³/mol. The summed E-state index contributed by atoms with van der Waals surface area (Å²) >= 11 is 1.25. The number of carbonyl (C=O) groups is 2. The number of aryl methyl sites for hydroxylation is 1. The molecule has 10 heteroatoms. The molecule has 0 unspecified atom stereocenters. The van der Waals surface area contributed by atoms with E-state index in [0.29, 0.717) is 40.3 Å². The summed E-state index contributed by atoms with van der Waals surface area (Å²) in [6, 6.07) is 12.4. The van der Waals surface area contributed by atoms with Gasteiger partial charge in [0.25, 0.3) is 5.91 Å². The van der Waals surface area contributed by atoms with Crippen LogP contribution in [0.5, 0.6) is 11.5 Å². The lowest BCUT2D eigenvalue weighted by Gasteiger charge is -2.11. The van der Waals surface area contributed by atoms with Crippen LogP contribution in [-0.4, -0.2) is 46.6 Å². The van der Waals surface area contributed by atoms with Crippen molar-refractivity contribution in [3.8, 4) is 11.5 Å². The first-order valence-electron chi connectivity index (χ1n) is 10.5. The molecule has 0 spiro atoms. The zero-order valence-corrected chi connectivity index (χ0v) is 20.1. The zero-order chi connectivity index (χ0) is 24.5. The van der Waals surface area contributed by atoms with E-state index in [1.807, 2.05) is 29.7 Å². The number of methoxy groups -OCH3 is 2. The molecule has 34 heavy (non-hydrogen) atoms. The summed E-state index contributed by atoms with van der Waals surface area (Å²) in [5, 5.41) is 14.6. The molecule has 2 N–H and O–H groups in total. The van der Waals surface area contributed by atoms with E-state index < -0.39 is 0 Å². The number of nitrogens with one attached hydrogen (secondary N) is 2. The van der Waals surface area contributed by atoms with Gasteiger partial charge >= 0.3 is 0 Å². The molecule has 0 saturated heterocycles. The van der Waals surface area contributed by atoms with E-state index in [2.05, 4.69) is 27.4 Å². The lowest BCUT2D eigenvalue weighted by Crippen LogP contribution is -2.24. The molecule has 0 aliphatic carbocycles. The molecule has 0 saturated carbocycles. The van der Waals surface area contributed by atoms with Crippen LogP contribution in [0.1, 0.15) is 21.7 Å². The highest BCUT2D eigenvalue weighted by Gasteiger charge is 2.16. The largest absolute Gasteiger partial charge is 0.497 e. The standard InChI is InChI=1S/C24H27N5O4S/c1-5-12-29-21(14-25-23(31)17-7-9-18(32-3)10-8-17)27-28-24(29)34-15-22(30)26-19-13-16(2)6-11-20(19)33-4/h5-11,13H,1,12,14-15H2,2-4H3,(H,25,31)(H,26,30). The molecule has 1 aromatic heterocycles.